The van der Waals surface area contributed by atoms with Crippen LogP contribution in [0.2, 0.25) is 0 Å². The highest BCUT2D eigenvalue weighted by atomic mass is 16.5. The molecule has 0 amide bonds. The first-order valence-electron chi connectivity index (χ1n) is 5.30. The highest BCUT2D eigenvalue weighted by molar-refractivity contribution is 6.04. The average molecular weight is 218 g/mol. The minimum Gasteiger partial charge on any atom is -0.462 e. The lowest BCUT2D eigenvalue weighted by atomic mass is 10.1. The Morgan fingerprint density at radius 3 is 2.81 bits per heavy atom. The maximum absolute atomic E-state index is 11.7. The van der Waals surface area contributed by atoms with Crippen LogP contribution < -0.4 is 0 Å². The number of rotatable bonds is 2. The molecule has 0 fully saturated rings. The maximum atomic E-state index is 11.7. The Balaban J connectivity index is 2.60. The first-order valence-corrected chi connectivity index (χ1v) is 5.30. The summed E-state index contributed by atoms with van der Waals surface area (Å²) in [4.78, 5) is 11.7. The van der Waals surface area contributed by atoms with Crippen LogP contribution in [0.5, 0.6) is 0 Å². The molecule has 0 unspecified atom stereocenters. The molecule has 0 saturated heterocycles. The molecule has 2 rings (SSSR count). The maximum Gasteiger partial charge on any atom is 0.342 e. The number of hydrogen-bond acceptors (Lipinski definition) is 3. The van der Waals surface area contributed by atoms with Gasteiger partial charge >= 0.3 is 5.97 Å². The largest absolute Gasteiger partial charge is 0.462 e. The third-order valence-corrected chi connectivity index (χ3v) is 2.50. The average Bonchev–Trinajstić information content (AvgIpc) is 2.53. The van der Waals surface area contributed by atoms with Gasteiger partial charge < -0.3 is 9.15 Å². The Bertz CT molecular complexity index is 537. The van der Waals surface area contributed by atoms with Crippen molar-refractivity contribution in [3.63, 3.8) is 0 Å². The van der Waals surface area contributed by atoms with Crippen LogP contribution in [-0.2, 0) is 4.74 Å². The standard InChI is InChI=1S/C13H14O3/c1-4-15-13(14)12-9(3)16-11-7-8(2)5-6-10(11)12/h5-7H,4H2,1-3H3. The monoisotopic (exact) mass is 218 g/mol. The van der Waals surface area contributed by atoms with Crippen LogP contribution >= 0.6 is 0 Å². The first-order chi connectivity index (χ1) is 7.63. The molecule has 0 aliphatic carbocycles. The van der Waals surface area contributed by atoms with Gasteiger partial charge in [0.2, 0.25) is 0 Å². The predicted molar refractivity (Wildman–Crippen MR) is 61.6 cm³/mol. The van der Waals surface area contributed by atoms with Gasteiger partial charge in [-0.3, -0.25) is 0 Å². The van der Waals surface area contributed by atoms with Crippen LogP contribution in [0.3, 0.4) is 0 Å². The number of esters is 1. The van der Waals surface area contributed by atoms with Crippen molar-refractivity contribution in [2.45, 2.75) is 20.8 Å². The van der Waals surface area contributed by atoms with E-state index in [0.717, 1.165) is 16.5 Å². The highest BCUT2D eigenvalue weighted by Gasteiger charge is 2.18. The lowest BCUT2D eigenvalue weighted by molar-refractivity contribution is 0.0526. The van der Waals surface area contributed by atoms with Gasteiger partial charge in [-0.05, 0) is 38.5 Å². The molecule has 0 radical (unpaired) electrons. The highest BCUT2D eigenvalue weighted by Crippen LogP contribution is 2.26. The van der Waals surface area contributed by atoms with E-state index in [1.54, 1.807) is 13.8 Å². The van der Waals surface area contributed by atoms with Gasteiger partial charge in [0.05, 0.1) is 6.61 Å². The summed E-state index contributed by atoms with van der Waals surface area (Å²) in [5, 5.41) is 0.821. The fourth-order valence-electron chi connectivity index (χ4n) is 1.78. The summed E-state index contributed by atoms with van der Waals surface area (Å²) in [6.45, 7) is 5.93. The molecule has 84 valence electrons. The van der Waals surface area contributed by atoms with Gasteiger partial charge in [0.1, 0.15) is 16.9 Å². The second kappa shape index (κ2) is 4.00. The van der Waals surface area contributed by atoms with Crippen LogP contribution in [0, 0.1) is 13.8 Å². The summed E-state index contributed by atoms with van der Waals surface area (Å²) < 4.78 is 10.6. The molecule has 1 aromatic heterocycles. The van der Waals surface area contributed by atoms with Crippen molar-refractivity contribution < 1.29 is 13.9 Å². The molecule has 0 aliphatic rings. The van der Waals surface area contributed by atoms with E-state index in [0.29, 0.717) is 17.9 Å². The molecule has 0 bridgehead atoms. The summed E-state index contributed by atoms with van der Waals surface area (Å²) in [5.41, 5.74) is 2.38. The fraction of sp³-hybridized carbons (Fsp3) is 0.308. The van der Waals surface area contributed by atoms with Crippen molar-refractivity contribution in [2.24, 2.45) is 0 Å². The van der Waals surface area contributed by atoms with Crippen molar-refractivity contribution in [3.05, 3.63) is 35.1 Å². The third kappa shape index (κ3) is 1.69. The Hall–Kier alpha value is -1.77. The number of furan rings is 1. The Labute approximate surface area is 94.0 Å². The minimum atomic E-state index is -0.317. The topological polar surface area (TPSA) is 39.4 Å². The molecule has 3 heteroatoms. The van der Waals surface area contributed by atoms with Gasteiger partial charge in [-0.15, -0.1) is 0 Å². The Kier molecular flexibility index (Phi) is 2.69. The Morgan fingerprint density at radius 1 is 1.38 bits per heavy atom. The van der Waals surface area contributed by atoms with E-state index in [2.05, 4.69) is 0 Å². The van der Waals surface area contributed by atoms with Gasteiger partial charge in [-0.1, -0.05) is 6.07 Å². The normalized spacial score (nSPS) is 10.7. The fourth-order valence-corrected chi connectivity index (χ4v) is 1.78. The number of carbonyl (C=O) groups excluding carboxylic acids is 1. The lowest BCUT2D eigenvalue weighted by Crippen LogP contribution is -2.05. The summed E-state index contributed by atoms with van der Waals surface area (Å²) in [7, 11) is 0. The molecule has 1 aromatic carbocycles. The molecular weight excluding hydrogens is 204 g/mol. The first kappa shape index (κ1) is 10.7. The predicted octanol–water partition coefficient (Wildman–Crippen LogP) is 3.23. The number of ether oxygens (including phenoxy) is 1. The number of carbonyl (C=O) groups is 1. The number of benzene rings is 1. The van der Waals surface area contributed by atoms with E-state index < -0.39 is 0 Å². The van der Waals surface area contributed by atoms with Crippen molar-refractivity contribution in [1.29, 1.82) is 0 Å². The molecular formula is C13H14O3. The summed E-state index contributed by atoms with van der Waals surface area (Å²) in [6, 6.07) is 5.78. The number of hydrogen-bond donors (Lipinski definition) is 0. The van der Waals surface area contributed by atoms with Crippen molar-refractivity contribution >= 4 is 16.9 Å². The van der Waals surface area contributed by atoms with Crippen LogP contribution in [0.4, 0.5) is 0 Å². The summed E-state index contributed by atoms with van der Waals surface area (Å²) >= 11 is 0. The number of fused-ring (bicyclic) bond motifs is 1. The summed E-state index contributed by atoms with van der Waals surface area (Å²) in [6.07, 6.45) is 0. The van der Waals surface area contributed by atoms with Crippen LogP contribution in [0.1, 0.15) is 28.6 Å². The number of aryl methyl sites for hydroxylation is 2. The van der Waals surface area contributed by atoms with Crippen molar-refractivity contribution in [3.8, 4) is 0 Å². The van der Waals surface area contributed by atoms with E-state index in [4.69, 9.17) is 9.15 Å². The molecule has 16 heavy (non-hydrogen) atoms. The van der Waals surface area contributed by atoms with E-state index >= 15 is 0 Å². The van der Waals surface area contributed by atoms with E-state index in [9.17, 15) is 4.79 Å². The molecule has 3 nitrogen and oxygen atoms in total. The second-order valence-electron chi connectivity index (χ2n) is 3.75. The van der Waals surface area contributed by atoms with Crippen LogP contribution in [0.25, 0.3) is 11.0 Å². The van der Waals surface area contributed by atoms with Crippen LogP contribution in [0.15, 0.2) is 22.6 Å². The lowest BCUT2D eigenvalue weighted by Gasteiger charge is -2.00. The van der Waals surface area contributed by atoms with Gasteiger partial charge in [0.25, 0.3) is 0 Å². The molecule has 0 atom stereocenters. The molecule has 0 saturated carbocycles. The Morgan fingerprint density at radius 2 is 2.12 bits per heavy atom. The molecule has 2 aromatic rings. The minimum absolute atomic E-state index is 0.317. The van der Waals surface area contributed by atoms with Crippen molar-refractivity contribution in [1.82, 2.24) is 0 Å². The zero-order valence-electron chi connectivity index (χ0n) is 9.66. The van der Waals surface area contributed by atoms with Gasteiger partial charge in [0.15, 0.2) is 0 Å². The zero-order valence-corrected chi connectivity index (χ0v) is 9.66. The van der Waals surface area contributed by atoms with Crippen molar-refractivity contribution in [2.75, 3.05) is 6.61 Å². The molecule has 0 aliphatic heterocycles. The summed E-state index contributed by atoms with van der Waals surface area (Å²) in [5.74, 6) is 0.293. The van der Waals surface area contributed by atoms with E-state index in [1.165, 1.54) is 0 Å². The third-order valence-electron chi connectivity index (χ3n) is 2.50. The second-order valence-corrected chi connectivity index (χ2v) is 3.75. The quantitative estimate of drug-likeness (QED) is 0.726. The van der Waals surface area contributed by atoms with Gasteiger partial charge in [-0.2, -0.15) is 0 Å². The molecule has 0 N–H and O–H groups in total. The van der Waals surface area contributed by atoms with E-state index in [1.807, 2.05) is 25.1 Å². The molecule has 1 heterocycles. The molecule has 0 spiro atoms. The zero-order chi connectivity index (χ0) is 11.7. The van der Waals surface area contributed by atoms with E-state index in [-0.39, 0.29) is 5.97 Å². The van der Waals surface area contributed by atoms with Gasteiger partial charge in [0, 0.05) is 5.39 Å². The van der Waals surface area contributed by atoms with Crippen LogP contribution in [-0.4, -0.2) is 12.6 Å². The SMILES string of the molecule is CCOC(=O)c1c(C)oc2cc(C)ccc12. The smallest absolute Gasteiger partial charge is 0.342 e. The van der Waals surface area contributed by atoms with Gasteiger partial charge in [-0.25, -0.2) is 4.79 Å².